The number of nitrogens with one attached hydrogen (secondary N) is 1. The Morgan fingerprint density at radius 1 is 1.12 bits per heavy atom. The minimum absolute atomic E-state index is 0.448. The normalized spacial score (nSPS) is 11.2. The van der Waals surface area contributed by atoms with E-state index < -0.39 is 11.7 Å². The number of benzene rings is 2. The Hall–Kier alpha value is -1.98. The van der Waals surface area contributed by atoms with Crippen molar-refractivity contribution in [1.82, 2.24) is 0 Å². The number of carbonyl (C=O) groups is 1. The molecule has 0 saturated heterocycles. The number of aryl methyl sites for hydroxylation is 1. The first-order valence-electron chi connectivity index (χ1n) is 8.27. The van der Waals surface area contributed by atoms with Crippen LogP contribution in [0.5, 0.6) is 0 Å². The lowest BCUT2D eigenvalue weighted by Gasteiger charge is -2.19. The first kappa shape index (κ1) is 19.3. The van der Waals surface area contributed by atoms with Gasteiger partial charge in [0.15, 0.2) is 0 Å². The molecule has 0 fully saturated rings. The smallest absolute Gasteiger partial charge is 0.412 e. The predicted molar refractivity (Wildman–Crippen MR) is 103 cm³/mol. The highest BCUT2D eigenvalue weighted by Gasteiger charge is 2.16. The van der Waals surface area contributed by atoms with Crippen LogP contribution in [-0.4, -0.2) is 18.3 Å². The molecule has 25 heavy (non-hydrogen) atoms. The van der Waals surface area contributed by atoms with Gasteiger partial charge in [-0.05, 0) is 63.9 Å². The Balaban J connectivity index is 1.78. The number of anilines is 1. The van der Waals surface area contributed by atoms with E-state index in [4.69, 9.17) is 8.92 Å². The van der Waals surface area contributed by atoms with Gasteiger partial charge in [0.2, 0.25) is 0 Å². The lowest BCUT2D eigenvalue weighted by Crippen LogP contribution is -2.27. The van der Waals surface area contributed by atoms with E-state index >= 15 is 0 Å². The van der Waals surface area contributed by atoms with E-state index in [2.05, 4.69) is 24.4 Å². The number of hydrogen-bond acceptors (Lipinski definition) is 4. The summed E-state index contributed by atoms with van der Waals surface area (Å²) < 4.78 is 10.9. The molecule has 1 amide bonds. The molecule has 2 rings (SSSR count). The maximum atomic E-state index is 11.8. The van der Waals surface area contributed by atoms with Crippen molar-refractivity contribution in [2.24, 2.45) is 0 Å². The van der Waals surface area contributed by atoms with E-state index in [9.17, 15) is 4.79 Å². The Morgan fingerprint density at radius 3 is 2.52 bits per heavy atom. The molecule has 0 aliphatic heterocycles. The molecule has 0 saturated carbocycles. The fourth-order valence-corrected chi connectivity index (χ4v) is 2.64. The second kappa shape index (κ2) is 8.92. The second-order valence-electron chi connectivity index (χ2n) is 6.80. The van der Waals surface area contributed by atoms with Gasteiger partial charge in [0, 0.05) is 22.6 Å². The monoisotopic (exact) mass is 359 g/mol. The summed E-state index contributed by atoms with van der Waals surface area (Å²) in [5, 5.41) is 2.75. The Kier molecular flexibility index (Phi) is 6.91. The van der Waals surface area contributed by atoms with E-state index in [1.807, 2.05) is 57.2 Å². The van der Waals surface area contributed by atoms with Crippen molar-refractivity contribution >= 4 is 23.8 Å². The minimum atomic E-state index is -0.511. The van der Waals surface area contributed by atoms with Crippen molar-refractivity contribution in [3.63, 3.8) is 0 Å². The van der Waals surface area contributed by atoms with Gasteiger partial charge in [-0.1, -0.05) is 29.8 Å². The number of hydrogen-bond donors (Lipinski definition) is 1. The fraction of sp³-hybridized carbons (Fsp3) is 0.350. The molecule has 134 valence electrons. The maximum absolute atomic E-state index is 11.8. The average molecular weight is 359 g/mol. The van der Waals surface area contributed by atoms with E-state index in [0.29, 0.717) is 6.61 Å². The summed E-state index contributed by atoms with van der Waals surface area (Å²) in [5.41, 5.74) is 2.54. The van der Waals surface area contributed by atoms with Gasteiger partial charge < -0.3 is 8.92 Å². The standard InChI is InChI=1S/C20H25NO3S/c1-15-8-10-18(11-9-15)25-23-13-12-16-6-5-7-17(14-16)21-19(22)24-20(2,3)4/h5-11,14H,12-13H2,1-4H3,(H,21,22). The second-order valence-corrected chi connectivity index (χ2v) is 7.67. The Morgan fingerprint density at radius 2 is 1.84 bits per heavy atom. The number of ether oxygens (including phenoxy) is 1. The number of amides is 1. The molecule has 0 aliphatic carbocycles. The van der Waals surface area contributed by atoms with Crippen molar-refractivity contribution in [3.8, 4) is 0 Å². The molecule has 0 atom stereocenters. The van der Waals surface area contributed by atoms with Gasteiger partial charge in [-0.2, -0.15) is 0 Å². The van der Waals surface area contributed by atoms with Gasteiger partial charge in [0.25, 0.3) is 0 Å². The third kappa shape index (κ3) is 7.63. The fourth-order valence-electron chi connectivity index (χ4n) is 2.09. The summed E-state index contributed by atoms with van der Waals surface area (Å²) in [4.78, 5) is 12.9. The van der Waals surface area contributed by atoms with Gasteiger partial charge >= 0.3 is 6.09 Å². The molecule has 1 N–H and O–H groups in total. The molecule has 5 heteroatoms. The van der Waals surface area contributed by atoms with Crippen molar-refractivity contribution in [1.29, 1.82) is 0 Å². The van der Waals surface area contributed by atoms with Crippen LogP contribution in [0.25, 0.3) is 0 Å². The maximum Gasteiger partial charge on any atom is 0.412 e. The largest absolute Gasteiger partial charge is 0.444 e. The van der Waals surface area contributed by atoms with E-state index in [1.165, 1.54) is 17.6 Å². The molecule has 2 aromatic rings. The van der Waals surface area contributed by atoms with Gasteiger partial charge in [0.1, 0.15) is 5.60 Å². The van der Waals surface area contributed by atoms with Crippen molar-refractivity contribution in [2.45, 2.75) is 44.6 Å². The summed E-state index contributed by atoms with van der Waals surface area (Å²) in [6.07, 6.45) is 0.318. The molecule has 0 aliphatic rings. The van der Waals surface area contributed by atoms with Crippen LogP contribution in [0.15, 0.2) is 53.4 Å². The number of carbonyl (C=O) groups excluding carboxylic acids is 1. The van der Waals surface area contributed by atoms with E-state index in [1.54, 1.807) is 0 Å². The molecule has 0 heterocycles. The highest BCUT2D eigenvalue weighted by Crippen LogP contribution is 2.20. The van der Waals surface area contributed by atoms with Crippen LogP contribution in [0.2, 0.25) is 0 Å². The van der Waals surface area contributed by atoms with Crippen LogP contribution in [0.1, 0.15) is 31.9 Å². The summed E-state index contributed by atoms with van der Waals surface area (Å²) in [5.74, 6) is 0. The molecule has 0 aromatic heterocycles. The highest BCUT2D eigenvalue weighted by molar-refractivity contribution is 7.94. The van der Waals surface area contributed by atoms with Gasteiger partial charge in [-0.3, -0.25) is 5.32 Å². The zero-order valence-corrected chi connectivity index (χ0v) is 16.0. The van der Waals surface area contributed by atoms with Gasteiger partial charge in [-0.15, -0.1) is 0 Å². The predicted octanol–water partition coefficient (Wildman–Crippen LogP) is 5.61. The van der Waals surface area contributed by atoms with Gasteiger partial charge in [0.05, 0.1) is 6.61 Å². The molecule has 4 nitrogen and oxygen atoms in total. The topological polar surface area (TPSA) is 47.6 Å². The first-order chi connectivity index (χ1) is 11.8. The Labute approximate surface area is 154 Å². The quantitative estimate of drug-likeness (QED) is 0.538. The molecular formula is C20H25NO3S. The van der Waals surface area contributed by atoms with Crippen LogP contribution in [0.4, 0.5) is 10.5 Å². The van der Waals surface area contributed by atoms with Crippen LogP contribution in [-0.2, 0) is 15.3 Å². The molecule has 0 bridgehead atoms. The van der Waals surface area contributed by atoms with E-state index in [0.717, 1.165) is 22.6 Å². The summed E-state index contributed by atoms with van der Waals surface area (Å²) in [6.45, 7) is 8.17. The summed E-state index contributed by atoms with van der Waals surface area (Å²) >= 11 is 1.38. The SMILES string of the molecule is Cc1ccc(SOCCc2cccc(NC(=O)OC(C)(C)C)c2)cc1. The molecule has 0 radical (unpaired) electrons. The van der Waals surface area contributed by atoms with Crippen molar-refractivity contribution in [3.05, 3.63) is 59.7 Å². The Bertz CT molecular complexity index is 693. The third-order valence-corrected chi connectivity index (χ3v) is 3.97. The third-order valence-electron chi connectivity index (χ3n) is 3.22. The molecule has 2 aromatic carbocycles. The average Bonchev–Trinajstić information content (AvgIpc) is 2.52. The molecular weight excluding hydrogens is 334 g/mol. The van der Waals surface area contributed by atoms with Crippen LogP contribution < -0.4 is 5.32 Å². The van der Waals surface area contributed by atoms with Crippen molar-refractivity contribution < 1.29 is 13.7 Å². The van der Waals surface area contributed by atoms with Crippen molar-refractivity contribution in [2.75, 3.05) is 11.9 Å². The minimum Gasteiger partial charge on any atom is -0.444 e. The number of rotatable bonds is 6. The lowest BCUT2D eigenvalue weighted by molar-refractivity contribution is 0.0636. The first-order valence-corrected chi connectivity index (χ1v) is 9.01. The molecule has 0 spiro atoms. The highest BCUT2D eigenvalue weighted by atomic mass is 32.2. The van der Waals surface area contributed by atoms with Gasteiger partial charge in [-0.25, -0.2) is 4.79 Å². The van der Waals surface area contributed by atoms with Crippen LogP contribution in [0.3, 0.4) is 0 Å². The van der Waals surface area contributed by atoms with E-state index in [-0.39, 0.29) is 0 Å². The zero-order chi connectivity index (χ0) is 18.3. The van der Waals surface area contributed by atoms with Crippen LogP contribution >= 0.6 is 12.0 Å². The van der Waals surface area contributed by atoms with Crippen LogP contribution in [0, 0.1) is 6.92 Å². The lowest BCUT2D eigenvalue weighted by atomic mass is 10.1. The summed E-state index contributed by atoms with van der Waals surface area (Å²) in [6, 6.07) is 15.9. The summed E-state index contributed by atoms with van der Waals surface area (Å²) in [7, 11) is 0. The molecule has 0 unspecified atom stereocenters. The zero-order valence-electron chi connectivity index (χ0n) is 15.2.